The fourth-order valence-corrected chi connectivity index (χ4v) is 1.92. The van der Waals surface area contributed by atoms with Crippen molar-refractivity contribution in [2.75, 3.05) is 6.61 Å². The van der Waals surface area contributed by atoms with Gasteiger partial charge in [0.2, 0.25) is 0 Å². The van der Waals surface area contributed by atoms with Crippen molar-refractivity contribution in [3.63, 3.8) is 0 Å². The first kappa shape index (κ1) is 7.07. The van der Waals surface area contributed by atoms with Crippen LogP contribution in [0, 0.1) is 23.7 Å². The number of hydrogen-bond donors (Lipinski definition) is 1. The van der Waals surface area contributed by atoms with E-state index in [4.69, 9.17) is 5.11 Å². The van der Waals surface area contributed by atoms with Gasteiger partial charge in [-0.1, -0.05) is 20.8 Å². The van der Waals surface area contributed by atoms with Gasteiger partial charge >= 0.3 is 0 Å². The molecule has 0 aromatic rings. The summed E-state index contributed by atoms with van der Waals surface area (Å²) in [5.74, 6) is 2.89. The Morgan fingerprint density at radius 3 is 1.67 bits per heavy atom. The van der Waals surface area contributed by atoms with Gasteiger partial charge in [0.25, 0.3) is 0 Å². The molecule has 1 rings (SSSR count). The van der Waals surface area contributed by atoms with E-state index in [-0.39, 0.29) is 0 Å². The molecule has 0 bridgehead atoms. The molecule has 1 aliphatic carbocycles. The summed E-state index contributed by atoms with van der Waals surface area (Å²) in [7, 11) is 0. The van der Waals surface area contributed by atoms with Crippen LogP contribution in [0.4, 0.5) is 0 Å². The SMILES string of the molecule is CC1[C@H](C)C(CO)[C@H]1C. The zero-order valence-electron chi connectivity index (χ0n) is 6.46. The maximum absolute atomic E-state index is 8.84. The second kappa shape index (κ2) is 2.30. The fraction of sp³-hybridized carbons (Fsp3) is 1.00. The van der Waals surface area contributed by atoms with Crippen LogP contribution in [0.1, 0.15) is 20.8 Å². The Labute approximate surface area is 57.1 Å². The summed E-state index contributed by atoms with van der Waals surface area (Å²) in [6.45, 7) is 7.10. The van der Waals surface area contributed by atoms with E-state index in [1.807, 2.05) is 0 Å². The molecule has 1 fully saturated rings. The Morgan fingerprint density at radius 2 is 1.44 bits per heavy atom. The molecule has 2 atom stereocenters. The highest BCUT2D eigenvalue weighted by atomic mass is 16.3. The zero-order valence-corrected chi connectivity index (χ0v) is 6.46. The van der Waals surface area contributed by atoms with E-state index in [0.717, 1.165) is 17.8 Å². The highest BCUT2D eigenvalue weighted by Crippen LogP contribution is 2.44. The van der Waals surface area contributed by atoms with Crippen LogP contribution < -0.4 is 0 Å². The van der Waals surface area contributed by atoms with Gasteiger partial charge in [0.05, 0.1) is 0 Å². The lowest BCUT2D eigenvalue weighted by molar-refractivity contribution is -0.0231. The molecule has 1 aliphatic rings. The van der Waals surface area contributed by atoms with Gasteiger partial charge in [-0.2, -0.15) is 0 Å². The highest BCUT2D eigenvalue weighted by molar-refractivity contribution is 4.89. The summed E-state index contributed by atoms with van der Waals surface area (Å²) >= 11 is 0. The van der Waals surface area contributed by atoms with Crippen molar-refractivity contribution in [1.82, 2.24) is 0 Å². The average molecular weight is 128 g/mol. The van der Waals surface area contributed by atoms with Gasteiger partial charge in [0.15, 0.2) is 0 Å². The van der Waals surface area contributed by atoms with Gasteiger partial charge in [-0.15, -0.1) is 0 Å². The van der Waals surface area contributed by atoms with Crippen molar-refractivity contribution < 1.29 is 5.11 Å². The monoisotopic (exact) mass is 128 g/mol. The molecule has 0 aromatic heterocycles. The molecule has 0 unspecified atom stereocenters. The Bertz CT molecular complexity index is 90.7. The minimum absolute atomic E-state index is 0.382. The standard InChI is InChI=1S/C8H16O/c1-5-6(2)8(4-9)7(5)3/h5-9H,4H2,1-3H3/t5?,6-,7-,8?/m0/s1. The predicted octanol–water partition coefficient (Wildman–Crippen LogP) is 1.52. The van der Waals surface area contributed by atoms with E-state index < -0.39 is 0 Å². The third kappa shape index (κ3) is 0.877. The van der Waals surface area contributed by atoms with Crippen molar-refractivity contribution in [3.05, 3.63) is 0 Å². The second-order valence-corrected chi connectivity index (χ2v) is 3.42. The van der Waals surface area contributed by atoms with Crippen LogP contribution in [0.15, 0.2) is 0 Å². The Balaban J connectivity index is 2.41. The van der Waals surface area contributed by atoms with Crippen LogP contribution in [0.3, 0.4) is 0 Å². The molecule has 1 nitrogen and oxygen atoms in total. The normalized spacial score (nSPS) is 50.7. The second-order valence-electron chi connectivity index (χ2n) is 3.42. The first-order valence-corrected chi connectivity index (χ1v) is 3.79. The van der Waals surface area contributed by atoms with Gasteiger partial charge in [-0.05, 0) is 23.7 Å². The van der Waals surface area contributed by atoms with Gasteiger partial charge in [-0.25, -0.2) is 0 Å². The molecule has 0 radical (unpaired) electrons. The van der Waals surface area contributed by atoms with Gasteiger partial charge < -0.3 is 5.11 Å². The molecule has 54 valence electrons. The summed E-state index contributed by atoms with van der Waals surface area (Å²) in [5.41, 5.74) is 0. The molecule has 0 saturated heterocycles. The number of hydrogen-bond acceptors (Lipinski definition) is 1. The summed E-state index contributed by atoms with van der Waals surface area (Å²) in [4.78, 5) is 0. The molecule has 9 heavy (non-hydrogen) atoms. The minimum Gasteiger partial charge on any atom is -0.396 e. The van der Waals surface area contributed by atoms with Crippen molar-refractivity contribution in [1.29, 1.82) is 0 Å². The van der Waals surface area contributed by atoms with Crippen LogP contribution in [-0.2, 0) is 0 Å². The maximum Gasteiger partial charge on any atom is 0.0464 e. The Hall–Kier alpha value is -0.0400. The summed E-state index contributed by atoms with van der Waals surface area (Å²) in [6.07, 6.45) is 0. The molecule has 1 saturated carbocycles. The Morgan fingerprint density at radius 1 is 1.00 bits per heavy atom. The smallest absolute Gasteiger partial charge is 0.0464 e. The van der Waals surface area contributed by atoms with E-state index in [0.29, 0.717) is 12.5 Å². The molecule has 1 heteroatoms. The molecule has 0 aliphatic heterocycles. The van der Waals surface area contributed by atoms with Gasteiger partial charge in [-0.3, -0.25) is 0 Å². The first-order valence-electron chi connectivity index (χ1n) is 3.79. The molecular weight excluding hydrogens is 112 g/mol. The summed E-state index contributed by atoms with van der Waals surface area (Å²) in [6, 6.07) is 0. The fourth-order valence-electron chi connectivity index (χ4n) is 1.92. The van der Waals surface area contributed by atoms with Gasteiger partial charge in [0.1, 0.15) is 0 Å². The zero-order chi connectivity index (χ0) is 7.02. The lowest BCUT2D eigenvalue weighted by Crippen LogP contribution is -2.43. The van der Waals surface area contributed by atoms with Crippen molar-refractivity contribution in [3.8, 4) is 0 Å². The van der Waals surface area contributed by atoms with Crippen LogP contribution in [0.2, 0.25) is 0 Å². The maximum atomic E-state index is 8.84. The van der Waals surface area contributed by atoms with Crippen LogP contribution >= 0.6 is 0 Å². The van der Waals surface area contributed by atoms with E-state index in [9.17, 15) is 0 Å². The molecule has 0 spiro atoms. The lowest BCUT2D eigenvalue weighted by atomic mass is 9.59. The lowest BCUT2D eigenvalue weighted by Gasteiger charge is -2.46. The molecule has 0 aromatic carbocycles. The van der Waals surface area contributed by atoms with Crippen LogP contribution in [0.25, 0.3) is 0 Å². The van der Waals surface area contributed by atoms with Crippen molar-refractivity contribution in [2.45, 2.75) is 20.8 Å². The molecule has 1 N–H and O–H groups in total. The predicted molar refractivity (Wildman–Crippen MR) is 38.1 cm³/mol. The average Bonchev–Trinajstić information content (AvgIpc) is 1.89. The molecular formula is C8H16O. The van der Waals surface area contributed by atoms with Crippen LogP contribution in [-0.4, -0.2) is 11.7 Å². The molecule has 0 heterocycles. The number of rotatable bonds is 1. The minimum atomic E-state index is 0.382. The van der Waals surface area contributed by atoms with Crippen molar-refractivity contribution >= 4 is 0 Å². The third-order valence-corrected chi connectivity index (χ3v) is 3.22. The van der Waals surface area contributed by atoms with E-state index >= 15 is 0 Å². The van der Waals surface area contributed by atoms with E-state index in [2.05, 4.69) is 20.8 Å². The van der Waals surface area contributed by atoms with Gasteiger partial charge in [0, 0.05) is 6.61 Å². The summed E-state index contributed by atoms with van der Waals surface area (Å²) < 4.78 is 0. The van der Waals surface area contributed by atoms with Crippen molar-refractivity contribution in [2.24, 2.45) is 23.7 Å². The molecule has 0 amide bonds. The first-order chi connectivity index (χ1) is 4.18. The number of aliphatic hydroxyl groups excluding tert-OH is 1. The topological polar surface area (TPSA) is 20.2 Å². The largest absolute Gasteiger partial charge is 0.396 e. The third-order valence-electron chi connectivity index (χ3n) is 3.22. The number of aliphatic hydroxyl groups is 1. The van der Waals surface area contributed by atoms with E-state index in [1.54, 1.807) is 0 Å². The quantitative estimate of drug-likeness (QED) is 0.567. The summed E-state index contributed by atoms with van der Waals surface area (Å²) in [5, 5.41) is 8.84. The Kier molecular flexibility index (Phi) is 1.80. The van der Waals surface area contributed by atoms with E-state index in [1.165, 1.54) is 0 Å². The van der Waals surface area contributed by atoms with Crippen LogP contribution in [0.5, 0.6) is 0 Å². The highest BCUT2D eigenvalue weighted by Gasteiger charge is 2.40.